The summed E-state index contributed by atoms with van der Waals surface area (Å²) in [5.74, 6) is -0.982. The van der Waals surface area contributed by atoms with Crippen LogP contribution in [0.3, 0.4) is 0 Å². The Morgan fingerprint density at radius 2 is 2.11 bits per heavy atom. The smallest absolute Gasteiger partial charge is 0.326 e. The van der Waals surface area contributed by atoms with Gasteiger partial charge in [0.05, 0.1) is 5.41 Å². The lowest BCUT2D eigenvalue weighted by Gasteiger charge is -2.29. The Labute approximate surface area is 108 Å². The van der Waals surface area contributed by atoms with Gasteiger partial charge in [-0.05, 0) is 32.1 Å². The third-order valence-electron chi connectivity index (χ3n) is 3.86. The molecule has 1 rings (SSSR count). The van der Waals surface area contributed by atoms with Crippen molar-refractivity contribution in [2.75, 3.05) is 0 Å². The number of carbonyl (C=O) groups is 2. The Morgan fingerprint density at radius 1 is 1.50 bits per heavy atom. The Morgan fingerprint density at radius 3 is 2.50 bits per heavy atom. The lowest BCUT2D eigenvalue weighted by Crippen LogP contribution is -2.52. The fourth-order valence-electron chi connectivity index (χ4n) is 2.49. The fraction of sp³-hybridized carbons (Fsp3) is 0.846. The zero-order valence-corrected chi connectivity index (χ0v) is 11.4. The van der Waals surface area contributed by atoms with Gasteiger partial charge in [-0.1, -0.05) is 20.3 Å². The molecule has 4 N–H and O–H groups in total. The number of nitrogens with two attached hydrogens (primary N) is 1. The number of hydrogen-bond acceptors (Lipinski definition) is 3. The standard InChI is InChI=1S/C13H24N2O3/c1-8(2)7-9(11(16)17)15-12(18)13(3)6-4-5-10(13)14/h8-10H,4-7,14H2,1-3H3,(H,15,18)(H,16,17)/t9-,10?,13?/m1/s1. The van der Waals surface area contributed by atoms with Crippen molar-refractivity contribution in [1.29, 1.82) is 0 Å². The minimum atomic E-state index is -0.979. The van der Waals surface area contributed by atoms with E-state index in [1.165, 1.54) is 0 Å². The van der Waals surface area contributed by atoms with E-state index in [-0.39, 0.29) is 17.9 Å². The molecule has 0 saturated heterocycles. The molecule has 1 amide bonds. The normalized spacial score (nSPS) is 29.3. The summed E-state index contributed by atoms with van der Waals surface area (Å²) in [6.07, 6.45) is 2.92. The number of hydrogen-bond donors (Lipinski definition) is 3. The van der Waals surface area contributed by atoms with Gasteiger partial charge >= 0.3 is 5.97 Å². The zero-order chi connectivity index (χ0) is 13.9. The van der Waals surface area contributed by atoms with E-state index in [2.05, 4.69) is 5.32 Å². The summed E-state index contributed by atoms with van der Waals surface area (Å²) in [5.41, 5.74) is 5.34. The predicted molar refractivity (Wildman–Crippen MR) is 69.0 cm³/mol. The van der Waals surface area contributed by atoms with Gasteiger partial charge in [0.15, 0.2) is 0 Å². The second-order valence-corrected chi connectivity index (χ2v) is 5.91. The van der Waals surface area contributed by atoms with Crippen LogP contribution in [0.1, 0.15) is 46.5 Å². The molecule has 0 spiro atoms. The highest BCUT2D eigenvalue weighted by molar-refractivity contribution is 5.88. The molecule has 1 fully saturated rings. The summed E-state index contributed by atoms with van der Waals surface area (Å²) < 4.78 is 0. The number of carboxylic acid groups (broad SMARTS) is 1. The van der Waals surface area contributed by atoms with E-state index in [0.29, 0.717) is 6.42 Å². The van der Waals surface area contributed by atoms with Crippen molar-refractivity contribution < 1.29 is 14.7 Å². The van der Waals surface area contributed by atoms with Gasteiger partial charge in [0.2, 0.25) is 5.91 Å². The molecule has 2 unspecified atom stereocenters. The molecular formula is C13H24N2O3. The molecule has 0 heterocycles. The number of amides is 1. The quantitative estimate of drug-likeness (QED) is 0.687. The average Bonchev–Trinajstić information content (AvgIpc) is 2.58. The monoisotopic (exact) mass is 256 g/mol. The molecule has 3 atom stereocenters. The van der Waals surface area contributed by atoms with Crippen molar-refractivity contribution in [3.63, 3.8) is 0 Å². The molecule has 1 saturated carbocycles. The highest BCUT2D eigenvalue weighted by Gasteiger charge is 2.44. The molecule has 1 aliphatic carbocycles. The number of carbonyl (C=O) groups excluding carboxylic acids is 1. The van der Waals surface area contributed by atoms with Crippen LogP contribution in [0.25, 0.3) is 0 Å². The number of rotatable bonds is 5. The van der Waals surface area contributed by atoms with Crippen molar-refractivity contribution in [3.05, 3.63) is 0 Å². The third-order valence-corrected chi connectivity index (χ3v) is 3.86. The molecular weight excluding hydrogens is 232 g/mol. The van der Waals surface area contributed by atoms with E-state index >= 15 is 0 Å². The van der Waals surface area contributed by atoms with E-state index in [9.17, 15) is 9.59 Å². The van der Waals surface area contributed by atoms with Crippen LogP contribution < -0.4 is 11.1 Å². The zero-order valence-electron chi connectivity index (χ0n) is 11.4. The summed E-state index contributed by atoms with van der Waals surface area (Å²) >= 11 is 0. The number of carboxylic acids is 1. The maximum Gasteiger partial charge on any atom is 0.326 e. The van der Waals surface area contributed by atoms with Crippen LogP contribution >= 0.6 is 0 Å². The van der Waals surface area contributed by atoms with Crippen LogP contribution in [0.15, 0.2) is 0 Å². The lowest BCUT2D eigenvalue weighted by atomic mass is 9.83. The molecule has 0 aliphatic heterocycles. The molecule has 5 nitrogen and oxygen atoms in total. The SMILES string of the molecule is CC(C)C[C@@H](NC(=O)C1(C)CCCC1N)C(=O)O. The topological polar surface area (TPSA) is 92.4 Å². The van der Waals surface area contributed by atoms with Gasteiger partial charge in [-0.3, -0.25) is 4.79 Å². The minimum Gasteiger partial charge on any atom is -0.480 e. The van der Waals surface area contributed by atoms with Gasteiger partial charge in [0, 0.05) is 6.04 Å². The Balaban J connectivity index is 2.69. The largest absolute Gasteiger partial charge is 0.480 e. The van der Waals surface area contributed by atoms with Crippen molar-refractivity contribution in [3.8, 4) is 0 Å². The van der Waals surface area contributed by atoms with E-state index < -0.39 is 17.4 Å². The van der Waals surface area contributed by atoms with Gasteiger partial charge in [0.1, 0.15) is 6.04 Å². The minimum absolute atomic E-state index is 0.175. The van der Waals surface area contributed by atoms with E-state index in [4.69, 9.17) is 10.8 Å². The first-order chi connectivity index (χ1) is 8.27. The average molecular weight is 256 g/mol. The molecule has 0 aromatic heterocycles. The molecule has 5 heteroatoms. The highest BCUT2D eigenvalue weighted by atomic mass is 16.4. The Bertz CT molecular complexity index is 330. The third kappa shape index (κ3) is 3.22. The molecule has 0 aromatic carbocycles. The Hall–Kier alpha value is -1.10. The van der Waals surface area contributed by atoms with Crippen molar-refractivity contribution in [1.82, 2.24) is 5.32 Å². The van der Waals surface area contributed by atoms with E-state index in [0.717, 1.165) is 19.3 Å². The van der Waals surface area contributed by atoms with Crippen LogP contribution in [0.2, 0.25) is 0 Å². The first-order valence-electron chi connectivity index (χ1n) is 6.56. The Kier molecular flexibility index (Phi) is 4.73. The van der Waals surface area contributed by atoms with Crippen LogP contribution in [0.4, 0.5) is 0 Å². The molecule has 0 radical (unpaired) electrons. The van der Waals surface area contributed by atoms with Crippen molar-refractivity contribution in [2.24, 2.45) is 17.1 Å². The van der Waals surface area contributed by atoms with Crippen LogP contribution in [-0.2, 0) is 9.59 Å². The molecule has 0 aromatic rings. The molecule has 1 aliphatic rings. The van der Waals surface area contributed by atoms with Gasteiger partial charge < -0.3 is 16.2 Å². The van der Waals surface area contributed by atoms with Crippen molar-refractivity contribution in [2.45, 2.75) is 58.5 Å². The highest BCUT2D eigenvalue weighted by Crippen LogP contribution is 2.36. The summed E-state index contributed by atoms with van der Waals surface area (Å²) in [7, 11) is 0. The van der Waals surface area contributed by atoms with Gasteiger partial charge in [-0.25, -0.2) is 4.79 Å². The molecule has 18 heavy (non-hydrogen) atoms. The van der Waals surface area contributed by atoms with Crippen LogP contribution in [-0.4, -0.2) is 29.1 Å². The van der Waals surface area contributed by atoms with E-state index in [1.54, 1.807) is 0 Å². The summed E-state index contributed by atoms with van der Waals surface area (Å²) in [4.78, 5) is 23.3. The maximum absolute atomic E-state index is 12.2. The second kappa shape index (κ2) is 5.69. The molecule has 104 valence electrons. The predicted octanol–water partition coefficient (Wildman–Crippen LogP) is 1.12. The molecule has 0 bridgehead atoms. The lowest BCUT2D eigenvalue weighted by molar-refractivity contribution is -0.144. The second-order valence-electron chi connectivity index (χ2n) is 5.91. The summed E-state index contributed by atoms with van der Waals surface area (Å²) in [6.45, 7) is 5.70. The summed E-state index contributed by atoms with van der Waals surface area (Å²) in [6, 6.07) is -0.992. The van der Waals surface area contributed by atoms with E-state index in [1.807, 2.05) is 20.8 Å². The fourth-order valence-corrected chi connectivity index (χ4v) is 2.49. The first kappa shape index (κ1) is 15.0. The number of nitrogens with one attached hydrogen (secondary N) is 1. The summed E-state index contributed by atoms with van der Waals surface area (Å²) in [5, 5.41) is 11.8. The van der Waals surface area contributed by atoms with Crippen molar-refractivity contribution >= 4 is 11.9 Å². The first-order valence-corrected chi connectivity index (χ1v) is 6.56. The van der Waals surface area contributed by atoms with Gasteiger partial charge in [0.25, 0.3) is 0 Å². The number of aliphatic carboxylic acids is 1. The van der Waals surface area contributed by atoms with Crippen LogP contribution in [0.5, 0.6) is 0 Å². The van der Waals surface area contributed by atoms with Gasteiger partial charge in [-0.15, -0.1) is 0 Å². The van der Waals surface area contributed by atoms with Crippen LogP contribution in [0, 0.1) is 11.3 Å². The van der Waals surface area contributed by atoms with Gasteiger partial charge in [-0.2, -0.15) is 0 Å². The maximum atomic E-state index is 12.2.